The second-order valence-corrected chi connectivity index (χ2v) is 5.51. The maximum atomic E-state index is 12.2. The van der Waals surface area contributed by atoms with Gasteiger partial charge in [0.05, 0.1) is 5.56 Å². The highest BCUT2D eigenvalue weighted by atomic mass is 32.2. The SMILES string of the molecule is Cc1ccccc1.O=S(=O)(O)c1ccccc1C(F)(F)F. The summed E-state index contributed by atoms with van der Waals surface area (Å²) in [6.45, 7) is 2.08. The highest BCUT2D eigenvalue weighted by Crippen LogP contribution is 2.33. The molecule has 0 saturated carbocycles. The third-order valence-electron chi connectivity index (χ3n) is 2.41. The van der Waals surface area contributed by atoms with E-state index in [4.69, 9.17) is 4.55 Å². The summed E-state index contributed by atoms with van der Waals surface area (Å²) in [6.07, 6.45) is -4.80. The first-order chi connectivity index (χ1) is 9.62. The molecule has 1 N–H and O–H groups in total. The van der Waals surface area contributed by atoms with Gasteiger partial charge < -0.3 is 0 Å². The van der Waals surface area contributed by atoms with Crippen molar-refractivity contribution >= 4 is 10.1 Å². The molecule has 0 aliphatic rings. The van der Waals surface area contributed by atoms with Crippen molar-refractivity contribution in [3.8, 4) is 0 Å². The molecule has 0 aliphatic heterocycles. The van der Waals surface area contributed by atoms with Gasteiger partial charge in [-0.05, 0) is 19.1 Å². The summed E-state index contributed by atoms with van der Waals surface area (Å²) in [5, 5.41) is 0. The Labute approximate surface area is 120 Å². The largest absolute Gasteiger partial charge is 0.417 e. The lowest BCUT2D eigenvalue weighted by molar-refractivity contribution is -0.140. The van der Waals surface area contributed by atoms with Gasteiger partial charge in [-0.25, -0.2) is 0 Å². The highest BCUT2D eigenvalue weighted by Gasteiger charge is 2.36. The first-order valence-electron chi connectivity index (χ1n) is 5.78. The molecule has 0 spiro atoms. The first kappa shape index (κ1) is 17.2. The fourth-order valence-electron chi connectivity index (χ4n) is 1.46. The van der Waals surface area contributed by atoms with Gasteiger partial charge in [-0.2, -0.15) is 21.6 Å². The van der Waals surface area contributed by atoms with E-state index in [0.717, 1.165) is 12.1 Å². The van der Waals surface area contributed by atoms with Gasteiger partial charge in [0.2, 0.25) is 0 Å². The van der Waals surface area contributed by atoms with E-state index in [1.165, 1.54) is 5.56 Å². The second-order valence-electron chi connectivity index (χ2n) is 4.12. The average Bonchev–Trinajstić information content (AvgIpc) is 2.38. The van der Waals surface area contributed by atoms with Crippen LogP contribution < -0.4 is 0 Å². The van der Waals surface area contributed by atoms with E-state index in [-0.39, 0.29) is 0 Å². The molecule has 2 aromatic rings. The predicted octanol–water partition coefficient (Wildman–Crippen LogP) is 3.95. The topological polar surface area (TPSA) is 54.4 Å². The highest BCUT2D eigenvalue weighted by molar-refractivity contribution is 7.85. The van der Waals surface area contributed by atoms with Gasteiger partial charge >= 0.3 is 6.18 Å². The summed E-state index contributed by atoms with van der Waals surface area (Å²) in [6, 6.07) is 13.7. The molecule has 0 amide bonds. The normalized spacial score (nSPS) is 11.5. The Morgan fingerprint density at radius 3 is 1.71 bits per heavy atom. The van der Waals surface area contributed by atoms with Gasteiger partial charge in [-0.3, -0.25) is 4.55 Å². The second kappa shape index (κ2) is 6.73. The molecule has 0 saturated heterocycles. The zero-order valence-corrected chi connectivity index (χ0v) is 11.8. The van der Waals surface area contributed by atoms with E-state index in [0.29, 0.717) is 12.1 Å². The van der Waals surface area contributed by atoms with Crippen LogP contribution in [0.4, 0.5) is 13.2 Å². The van der Waals surface area contributed by atoms with Gasteiger partial charge in [0.15, 0.2) is 0 Å². The number of benzene rings is 2. The summed E-state index contributed by atoms with van der Waals surface area (Å²) in [7, 11) is -4.84. The molecule has 2 rings (SSSR count). The van der Waals surface area contributed by atoms with Crippen LogP contribution in [-0.2, 0) is 16.3 Å². The molecule has 21 heavy (non-hydrogen) atoms. The number of alkyl halides is 3. The van der Waals surface area contributed by atoms with E-state index < -0.39 is 26.8 Å². The molecule has 0 fully saturated rings. The smallest absolute Gasteiger partial charge is 0.282 e. The third-order valence-corrected chi connectivity index (χ3v) is 3.32. The zero-order chi connectivity index (χ0) is 16.1. The van der Waals surface area contributed by atoms with Crippen LogP contribution in [0.1, 0.15) is 11.1 Å². The summed E-state index contributed by atoms with van der Waals surface area (Å²) in [4.78, 5) is -1.13. The van der Waals surface area contributed by atoms with E-state index in [1.54, 1.807) is 0 Å². The summed E-state index contributed by atoms with van der Waals surface area (Å²) >= 11 is 0. The molecule has 7 heteroatoms. The van der Waals surface area contributed by atoms with Crippen LogP contribution >= 0.6 is 0 Å². The first-order valence-corrected chi connectivity index (χ1v) is 7.22. The van der Waals surface area contributed by atoms with Crippen molar-refractivity contribution in [3.63, 3.8) is 0 Å². The van der Waals surface area contributed by atoms with Crippen molar-refractivity contribution in [2.24, 2.45) is 0 Å². The Balaban J connectivity index is 0.000000262. The standard InChI is InChI=1S/C7H5F3O3S.C7H8/c8-7(9,10)5-3-1-2-4-6(5)14(11,12)13;1-7-5-3-2-4-6-7/h1-4H,(H,11,12,13);2-6H,1H3. The Morgan fingerprint density at radius 1 is 0.905 bits per heavy atom. The lowest BCUT2D eigenvalue weighted by Crippen LogP contribution is -2.12. The number of rotatable bonds is 1. The maximum Gasteiger partial charge on any atom is 0.417 e. The van der Waals surface area contributed by atoms with E-state index >= 15 is 0 Å². The molecule has 0 bridgehead atoms. The molecule has 0 heterocycles. The molecule has 114 valence electrons. The lowest BCUT2D eigenvalue weighted by atomic mass is 10.2. The molecule has 0 aromatic heterocycles. The molecule has 2 aromatic carbocycles. The molecule has 0 aliphatic carbocycles. The Hall–Kier alpha value is -1.86. The van der Waals surface area contributed by atoms with Crippen molar-refractivity contribution in [2.75, 3.05) is 0 Å². The summed E-state index contributed by atoms with van der Waals surface area (Å²) in [5.74, 6) is 0. The van der Waals surface area contributed by atoms with Crippen molar-refractivity contribution in [1.29, 1.82) is 0 Å². The van der Waals surface area contributed by atoms with E-state index in [9.17, 15) is 21.6 Å². The monoisotopic (exact) mass is 318 g/mol. The predicted molar refractivity (Wildman–Crippen MR) is 72.4 cm³/mol. The van der Waals surface area contributed by atoms with Crippen molar-refractivity contribution in [1.82, 2.24) is 0 Å². The molecular formula is C14H13F3O3S. The minimum atomic E-state index is -4.84. The summed E-state index contributed by atoms with van der Waals surface area (Å²) in [5.41, 5.74) is -0.0509. The minimum absolute atomic E-state index is 0.586. The number of aryl methyl sites for hydroxylation is 1. The minimum Gasteiger partial charge on any atom is -0.282 e. The van der Waals surface area contributed by atoms with Crippen LogP contribution in [0.5, 0.6) is 0 Å². The molecular weight excluding hydrogens is 305 g/mol. The van der Waals surface area contributed by atoms with Crippen LogP contribution in [0.15, 0.2) is 59.5 Å². The molecule has 0 unspecified atom stereocenters. The molecule has 0 atom stereocenters. The number of hydrogen-bond acceptors (Lipinski definition) is 2. The fourth-order valence-corrected chi connectivity index (χ4v) is 2.17. The van der Waals surface area contributed by atoms with Crippen LogP contribution in [-0.4, -0.2) is 13.0 Å². The van der Waals surface area contributed by atoms with Gasteiger partial charge in [0.25, 0.3) is 10.1 Å². The number of halogens is 3. The van der Waals surface area contributed by atoms with Crippen LogP contribution in [0.3, 0.4) is 0 Å². The van der Waals surface area contributed by atoms with Crippen molar-refractivity contribution < 1.29 is 26.1 Å². The van der Waals surface area contributed by atoms with Crippen molar-refractivity contribution in [2.45, 2.75) is 18.0 Å². The van der Waals surface area contributed by atoms with Crippen molar-refractivity contribution in [3.05, 3.63) is 65.7 Å². The third kappa shape index (κ3) is 5.57. The molecule has 3 nitrogen and oxygen atoms in total. The number of hydrogen-bond donors (Lipinski definition) is 1. The summed E-state index contributed by atoms with van der Waals surface area (Å²) < 4.78 is 66.2. The zero-order valence-electron chi connectivity index (χ0n) is 11.0. The van der Waals surface area contributed by atoms with Gasteiger partial charge in [-0.1, -0.05) is 48.0 Å². The van der Waals surface area contributed by atoms with Gasteiger partial charge in [-0.15, -0.1) is 0 Å². The van der Waals surface area contributed by atoms with E-state index in [2.05, 4.69) is 19.1 Å². The quantitative estimate of drug-likeness (QED) is 0.810. The van der Waals surface area contributed by atoms with E-state index in [1.807, 2.05) is 18.2 Å². The Bertz CT molecular complexity index is 680. The van der Waals surface area contributed by atoms with Crippen LogP contribution in [0.25, 0.3) is 0 Å². The van der Waals surface area contributed by atoms with Crippen LogP contribution in [0, 0.1) is 6.92 Å². The maximum absolute atomic E-state index is 12.2. The fraction of sp³-hybridized carbons (Fsp3) is 0.143. The van der Waals surface area contributed by atoms with Gasteiger partial charge in [0.1, 0.15) is 4.90 Å². The molecule has 0 radical (unpaired) electrons. The van der Waals surface area contributed by atoms with Crippen LogP contribution in [0.2, 0.25) is 0 Å². The Morgan fingerprint density at radius 2 is 1.38 bits per heavy atom. The lowest BCUT2D eigenvalue weighted by Gasteiger charge is -2.09. The Kier molecular flexibility index (Phi) is 5.51. The van der Waals surface area contributed by atoms with Gasteiger partial charge in [0, 0.05) is 0 Å². The average molecular weight is 318 g/mol.